The third-order valence-electron chi connectivity index (χ3n) is 3.26. The molecule has 0 spiro atoms. The van der Waals surface area contributed by atoms with Crippen LogP contribution in [0.4, 0.5) is 0 Å². The van der Waals surface area contributed by atoms with Crippen molar-refractivity contribution in [3.05, 3.63) is 51.8 Å². The van der Waals surface area contributed by atoms with Crippen LogP contribution in [0.25, 0.3) is 0 Å². The number of halogens is 1. The molecule has 2 rings (SSSR count). The van der Waals surface area contributed by atoms with Gasteiger partial charge in [-0.05, 0) is 24.0 Å². The maximum Gasteiger partial charge on any atom is 0.340 e. The summed E-state index contributed by atoms with van der Waals surface area (Å²) in [6.45, 7) is 6.29. The lowest BCUT2D eigenvalue weighted by Gasteiger charge is -2.06. The molecule has 2 aromatic rings. The highest BCUT2D eigenvalue weighted by Crippen LogP contribution is 2.26. The Labute approximate surface area is 123 Å². The molecule has 0 unspecified atom stereocenters. The Balaban J connectivity index is 2.46. The van der Waals surface area contributed by atoms with Gasteiger partial charge >= 0.3 is 5.97 Å². The Morgan fingerprint density at radius 3 is 2.55 bits per heavy atom. The second-order valence-corrected chi connectivity index (χ2v) is 5.45. The normalized spacial score (nSPS) is 11.1. The number of aromatic nitrogens is 2. The molecule has 0 saturated heterocycles. The van der Waals surface area contributed by atoms with Crippen molar-refractivity contribution in [2.45, 2.75) is 33.2 Å². The Morgan fingerprint density at radius 2 is 2.05 bits per heavy atom. The van der Waals surface area contributed by atoms with Crippen molar-refractivity contribution in [3.8, 4) is 0 Å². The zero-order valence-corrected chi connectivity index (χ0v) is 12.5. The Morgan fingerprint density at radius 1 is 1.40 bits per heavy atom. The summed E-state index contributed by atoms with van der Waals surface area (Å²) in [4.78, 5) is 11.3. The molecule has 20 heavy (non-hydrogen) atoms. The first-order valence-corrected chi connectivity index (χ1v) is 6.83. The number of hydrogen-bond donors (Lipinski definition) is 1. The van der Waals surface area contributed by atoms with E-state index in [9.17, 15) is 9.90 Å². The van der Waals surface area contributed by atoms with Gasteiger partial charge in [-0.15, -0.1) is 0 Å². The molecule has 1 aromatic carbocycles. The molecular weight excluding hydrogens is 276 g/mol. The molecule has 1 N–H and O–H groups in total. The average molecular weight is 293 g/mol. The summed E-state index contributed by atoms with van der Waals surface area (Å²) < 4.78 is 1.56. The summed E-state index contributed by atoms with van der Waals surface area (Å²) in [6, 6.07) is 7.91. The molecule has 0 atom stereocenters. The second-order valence-electron chi connectivity index (χ2n) is 5.10. The molecule has 0 amide bonds. The number of carboxylic acids is 1. The van der Waals surface area contributed by atoms with E-state index in [4.69, 9.17) is 11.6 Å². The van der Waals surface area contributed by atoms with Crippen LogP contribution in [-0.4, -0.2) is 20.9 Å². The van der Waals surface area contributed by atoms with E-state index in [1.807, 2.05) is 45.0 Å². The highest BCUT2D eigenvalue weighted by molar-refractivity contribution is 6.32. The first-order chi connectivity index (χ1) is 9.41. The van der Waals surface area contributed by atoms with Crippen LogP contribution in [0.2, 0.25) is 5.15 Å². The standard InChI is InChI=1S/C15H17ClN2O2/c1-9(2)13-12(15(19)20)14(16)18(17-13)8-11-7-5-4-6-10(11)3/h4-7,9H,8H2,1-3H3,(H,19,20). The van der Waals surface area contributed by atoms with Crippen LogP contribution in [-0.2, 0) is 6.54 Å². The third kappa shape index (κ3) is 2.70. The van der Waals surface area contributed by atoms with E-state index in [1.54, 1.807) is 4.68 Å². The van der Waals surface area contributed by atoms with Gasteiger partial charge in [-0.2, -0.15) is 5.10 Å². The first-order valence-electron chi connectivity index (χ1n) is 6.45. The van der Waals surface area contributed by atoms with Crippen LogP contribution in [0.5, 0.6) is 0 Å². The van der Waals surface area contributed by atoms with Gasteiger partial charge in [0.25, 0.3) is 0 Å². The number of hydrogen-bond acceptors (Lipinski definition) is 2. The lowest BCUT2D eigenvalue weighted by Crippen LogP contribution is -2.04. The van der Waals surface area contributed by atoms with Gasteiger partial charge in [0.15, 0.2) is 0 Å². The summed E-state index contributed by atoms with van der Waals surface area (Å²) in [7, 11) is 0. The van der Waals surface area contributed by atoms with Crippen molar-refractivity contribution in [2.75, 3.05) is 0 Å². The van der Waals surface area contributed by atoms with Crippen molar-refractivity contribution in [3.63, 3.8) is 0 Å². The van der Waals surface area contributed by atoms with E-state index in [0.29, 0.717) is 12.2 Å². The SMILES string of the molecule is Cc1ccccc1Cn1nc(C(C)C)c(C(=O)O)c1Cl. The summed E-state index contributed by atoms with van der Waals surface area (Å²) in [5.74, 6) is -1.02. The number of carbonyl (C=O) groups is 1. The highest BCUT2D eigenvalue weighted by atomic mass is 35.5. The van der Waals surface area contributed by atoms with Crippen molar-refractivity contribution >= 4 is 17.6 Å². The molecule has 0 radical (unpaired) electrons. The van der Waals surface area contributed by atoms with Gasteiger partial charge in [0, 0.05) is 0 Å². The number of aromatic carboxylic acids is 1. The van der Waals surface area contributed by atoms with Gasteiger partial charge in [0.2, 0.25) is 0 Å². The summed E-state index contributed by atoms with van der Waals surface area (Å²) in [6.07, 6.45) is 0. The van der Waals surface area contributed by atoms with Crippen LogP contribution in [0.3, 0.4) is 0 Å². The Kier molecular flexibility index (Phi) is 4.14. The highest BCUT2D eigenvalue weighted by Gasteiger charge is 2.24. The molecule has 0 aliphatic rings. The smallest absolute Gasteiger partial charge is 0.340 e. The Hall–Kier alpha value is -1.81. The number of carboxylic acid groups (broad SMARTS) is 1. The summed E-state index contributed by atoms with van der Waals surface area (Å²) >= 11 is 6.19. The molecule has 4 nitrogen and oxygen atoms in total. The summed E-state index contributed by atoms with van der Waals surface area (Å²) in [5, 5.41) is 13.8. The fraction of sp³-hybridized carbons (Fsp3) is 0.333. The molecule has 0 saturated carbocycles. The fourth-order valence-electron chi connectivity index (χ4n) is 2.11. The average Bonchev–Trinajstić information content (AvgIpc) is 2.70. The van der Waals surface area contributed by atoms with Crippen molar-refractivity contribution in [1.82, 2.24) is 9.78 Å². The zero-order valence-electron chi connectivity index (χ0n) is 11.7. The van der Waals surface area contributed by atoms with Gasteiger partial charge < -0.3 is 5.11 Å². The van der Waals surface area contributed by atoms with Crippen molar-refractivity contribution < 1.29 is 9.90 Å². The van der Waals surface area contributed by atoms with Crippen LogP contribution >= 0.6 is 11.6 Å². The van der Waals surface area contributed by atoms with E-state index in [1.165, 1.54) is 0 Å². The van der Waals surface area contributed by atoms with Gasteiger partial charge in [-0.3, -0.25) is 0 Å². The number of nitrogens with zero attached hydrogens (tertiary/aromatic N) is 2. The van der Waals surface area contributed by atoms with Crippen LogP contribution in [0.15, 0.2) is 24.3 Å². The first kappa shape index (κ1) is 14.6. The van der Waals surface area contributed by atoms with E-state index in [0.717, 1.165) is 11.1 Å². The predicted octanol–water partition coefficient (Wildman–Crippen LogP) is 3.71. The molecule has 0 aliphatic heterocycles. The van der Waals surface area contributed by atoms with Gasteiger partial charge in [-0.1, -0.05) is 49.7 Å². The molecule has 0 aliphatic carbocycles. The third-order valence-corrected chi connectivity index (χ3v) is 3.64. The van der Waals surface area contributed by atoms with E-state index in [-0.39, 0.29) is 16.6 Å². The monoisotopic (exact) mass is 292 g/mol. The van der Waals surface area contributed by atoms with Crippen LogP contribution in [0, 0.1) is 6.92 Å². The minimum atomic E-state index is -1.03. The molecule has 1 aromatic heterocycles. The van der Waals surface area contributed by atoms with Crippen molar-refractivity contribution in [1.29, 1.82) is 0 Å². The Bertz CT molecular complexity index is 647. The number of aryl methyl sites for hydroxylation is 1. The molecule has 0 bridgehead atoms. The molecule has 5 heteroatoms. The second kappa shape index (κ2) is 5.67. The lowest BCUT2D eigenvalue weighted by atomic mass is 10.1. The summed E-state index contributed by atoms with van der Waals surface area (Å²) in [5.41, 5.74) is 2.83. The number of benzene rings is 1. The number of rotatable bonds is 4. The zero-order chi connectivity index (χ0) is 14.9. The fourth-order valence-corrected chi connectivity index (χ4v) is 2.39. The van der Waals surface area contributed by atoms with E-state index >= 15 is 0 Å². The van der Waals surface area contributed by atoms with E-state index in [2.05, 4.69) is 5.10 Å². The van der Waals surface area contributed by atoms with E-state index < -0.39 is 5.97 Å². The van der Waals surface area contributed by atoms with Gasteiger partial charge in [-0.25, -0.2) is 9.48 Å². The molecule has 1 heterocycles. The maximum atomic E-state index is 11.3. The van der Waals surface area contributed by atoms with Gasteiger partial charge in [0.05, 0.1) is 12.2 Å². The minimum absolute atomic E-state index is 0.0109. The van der Waals surface area contributed by atoms with Crippen LogP contribution in [0.1, 0.15) is 46.9 Å². The van der Waals surface area contributed by atoms with Crippen LogP contribution < -0.4 is 0 Å². The largest absolute Gasteiger partial charge is 0.478 e. The topological polar surface area (TPSA) is 55.1 Å². The quantitative estimate of drug-likeness (QED) is 0.934. The predicted molar refractivity (Wildman–Crippen MR) is 78.6 cm³/mol. The lowest BCUT2D eigenvalue weighted by molar-refractivity contribution is 0.0695. The molecular formula is C15H17ClN2O2. The minimum Gasteiger partial charge on any atom is -0.478 e. The van der Waals surface area contributed by atoms with Gasteiger partial charge in [0.1, 0.15) is 10.7 Å². The molecule has 0 fully saturated rings. The maximum absolute atomic E-state index is 11.3. The molecule has 106 valence electrons. The van der Waals surface area contributed by atoms with Crippen molar-refractivity contribution in [2.24, 2.45) is 0 Å².